The number of hydrogen-bond donors (Lipinski definition) is 2. The maximum atomic E-state index is 8.66. The van der Waals surface area contributed by atoms with Crippen LogP contribution in [0.25, 0.3) is 0 Å². The number of thioether (sulfide) groups is 1. The fourth-order valence-corrected chi connectivity index (χ4v) is 1.55. The topological polar surface area (TPSA) is 64.1 Å². The molecule has 0 atom stereocenters. The molecule has 1 aromatic heterocycles. The van der Waals surface area contributed by atoms with Crippen molar-refractivity contribution in [3.63, 3.8) is 0 Å². The molecule has 0 aromatic carbocycles. The molecule has 0 amide bonds. The first-order valence-electron chi connectivity index (χ1n) is 3.85. The third-order valence-corrected chi connectivity index (χ3v) is 2.18. The molecule has 1 rings (SSSR count). The Morgan fingerprint density at radius 1 is 1.75 bits per heavy atom. The van der Waals surface area contributed by atoms with Gasteiger partial charge >= 0.3 is 0 Å². The van der Waals surface area contributed by atoms with Crippen LogP contribution in [0.1, 0.15) is 6.92 Å². The van der Waals surface area contributed by atoms with Gasteiger partial charge in [-0.3, -0.25) is 0 Å². The van der Waals surface area contributed by atoms with Crippen molar-refractivity contribution in [3.05, 3.63) is 6.07 Å². The smallest absolute Gasteiger partial charge is 0.122 e. The Hall–Kier alpha value is -0.680. The first kappa shape index (κ1) is 9.41. The van der Waals surface area contributed by atoms with Gasteiger partial charge in [-0.15, -0.1) is 11.8 Å². The number of nitrogen functional groups attached to an aromatic ring is 1. The number of nitrogens with two attached hydrogens (primary N) is 1. The second kappa shape index (κ2) is 4.37. The van der Waals surface area contributed by atoms with Crippen molar-refractivity contribution in [2.24, 2.45) is 0 Å². The molecule has 0 saturated carbocycles. The van der Waals surface area contributed by atoms with Crippen LogP contribution in [0.4, 0.5) is 5.82 Å². The minimum absolute atomic E-state index is 0.0715. The van der Waals surface area contributed by atoms with Gasteiger partial charge in [0.1, 0.15) is 10.8 Å². The second-order valence-corrected chi connectivity index (χ2v) is 3.57. The van der Waals surface area contributed by atoms with Gasteiger partial charge in [0.15, 0.2) is 0 Å². The monoisotopic (exact) mass is 187 g/mol. The van der Waals surface area contributed by atoms with E-state index in [4.69, 9.17) is 10.8 Å². The van der Waals surface area contributed by atoms with E-state index in [1.54, 1.807) is 16.4 Å². The lowest BCUT2D eigenvalue weighted by molar-refractivity contribution is 0.269. The molecule has 0 spiro atoms. The average molecular weight is 187 g/mol. The molecule has 1 aromatic rings. The lowest BCUT2D eigenvalue weighted by atomic mass is 10.6. The molecule has 0 aliphatic heterocycles. The van der Waals surface area contributed by atoms with E-state index in [1.807, 2.05) is 6.07 Å². The van der Waals surface area contributed by atoms with Crippen LogP contribution in [0.2, 0.25) is 0 Å². The van der Waals surface area contributed by atoms with Gasteiger partial charge in [-0.2, -0.15) is 5.10 Å². The van der Waals surface area contributed by atoms with Crippen LogP contribution in [-0.2, 0) is 6.54 Å². The summed E-state index contributed by atoms with van der Waals surface area (Å²) >= 11 is 1.64. The van der Waals surface area contributed by atoms with E-state index in [0.717, 1.165) is 10.8 Å². The molecule has 68 valence electrons. The first-order chi connectivity index (χ1) is 5.77. The Labute approximate surface area is 75.8 Å². The zero-order valence-corrected chi connectivity index (χ0v) is 7.84. The maximum absolute atomic E-state index is 8.66. The van der Waals surface area contributed by atoms with Crippen LogP contribution < -0.4 is 5.73 Å². The molecule has 1 heterocycles. The lowest BCUT2D eigenvalue weighted by Gasteiger charge is -1.98. The highest BCUT2D eigenvalue weighted by Gasteiger charge is 2.02. The van der Waals surface area contributed by atoms with Gasteiger partial charge in [0, 0.05) is 6.07 Å². The molecule has 0 unspecified atom stereocenters. The molecule has 0 aliphatic rings. The Bertz CT molecular complexity index is 249. The summed E-state index contributed by atoms with van der Waals surface area (Å²) in [4.78, 5) is 0. The molecule has 0 aliphatic carbocycles. The Morgan fingerprint density at radius 3 is 3.08 bits per heavy atom. The molecular formula is C7H13N3OS. The van der Waals surface area contributed by atoms with Gasteiger partial charge in [0.25, 0.3) is 0 Å². The molecular weight excluding hydrogens is 174 g/mol. The Morgan fingerprint density at radius 2 is 2.50 bits per heavy atom. The lowest BCUT2D eigenvalue weighted by Crippen LogP contribution is -2.07. The first-order valence-corrected chi connectivity index (χ1v) is 4.83. The second-order valence-electron chi connectivity index (χ2n) is 2.29. The van der Waals surface area contributed by atoms with Crippen molar-refractivity contribution in [1.82, 2.24) is 9.78 Å². The largest absolute Gasteiger partial charge is 0.394 e. The van der Waals surface area contributed by atoms with Crippen LogP contribution in [0.3, 0.4) is 0 Å². The van der Waals surface area contributed by atoms with E-state index in [9.17, 15) is 0 Å². The van der Waals surface area contributed by atoms with Gasteiger partial charge < -0.3 is 10.8 Å². The molecule has 5 heteroatoms. The van der Waals surface area contributed by atoms with Crippen molar-refractivity contribution in [3.8, 4) is 0 Å². The highest BCUT2D eigenvalue weighted by molar-refractivity contribution is 7.99. The fraction of sp³-hybridized carbons (Fsp3) is 0.571. The summed E-state index contributed by atoms with van der Waals surface area (Å²) in [5.41, 5.74) is 5.63. The van der Waals surface area contributed by atoms with Crippen molar-refractivity contribution in [2.45, 2.75) is 18.5 Å². The molecule has 0 bridgehead atoms. The number of hydrogen-bond acceptors (Lipinski definition) is 4. The average Bonchev–Trinajstić information content (AvgIpc) is 2.34. The molecule has 3 N–H and O–H groups in total. The quantitative estimate of drug-likeness (QED) is 0.676. The number of nitrogens with zero attached hydrogens (tertiary/aromatic N) is 2. The molecule has 4 nitrogen and oxygen atoms in total. The maximum Gasteiger partial charge on any atom is 0.122 e. The highest BCUT2D eigenvalue weighted by atomic mass is 32.2. The number of aliphatic hydroxyl groups is 1. The van der Waals surface area contributed by atoms with Crippen LogP contribution in [0.15, 0.2) is 11.1 Å². The van der Waals surface area contributed by atoms with E-state index in [0.29, 0.717) is 12.4 Å². The SMILES string of the molecule is CCSc1cc(N)n(CCO)n1. The van der Waals surface area contributed by atoms with Crippen molar-refractivity contribution in [2.75, 3.05) is 18.1 Å². The summed E-state index contributed by atoms with van der Waals surface area (Å²) < 4.78 is 1.61. The van der Waals surface area contributed by atoms with Gasteiger partial charge in [0.2, 0.25) is 0 Å². The number of aromatic nitrogens is 2. The van der Waals surface area contributed by atoms with Crippen molar-refractivity contribution < 1.29 is 5.11 Å². The zero-order valence-electron chi connectivity index (χ0n) is 7.03. The normalized spacial score (nSPS) is 10.5. The minimum Gasteiger partial charge on any atom is -0.394 e. The summed E-state index contributed by atoms with van der Waals surface area (Å²) in [7, 11) is 0. The highest BCUT2D eigenvalue weighted by Crippen LogP contribution is 2.18. The summed E-state index contributed by atoms with van der Waals surface area (Å²) in [6.07, 6.45) is 0. The molecule has 12 heavy (non-hydrogen) atoms. The summed E-state index contributed by atoms with van der Waals surface area (Å²) in [5, 5.41) is 13.8. The summed E-state index contributed by atoms with van der Waals surface area (Å²) in [5.74, 6) is 1.59. The molecule has 0 saturated heterocycles. The van der Waals surface area contributed by atoms with Crippen LogP contribution >= 0.6 is 11.8 Å². The fourth-order valence-electron chi connectivity index (χ4n) is 0.899. The summed E-state index contributed by atoms with van der Waals surface area (Å²) in [6, 6.07) is 1.82. The van der Waals surface area contributed by atoms with Gasteiger partial charge in [-0.05, 0) is 5.75 Å². The van der Waals surface area contributed by atoms with Crippen LogP contribution in [-0.4, -0.2) is 27.2 Å². The predicted octanol–water partition coefficient (Wildman–Crippen LogP) is 0.570. The van der Waals surface area contributed by atoms with E-state index < -0.39 is 0 Å². The van der Waals surface area contributed by atoms with Gasteiger partial charge in [-0.1, -0.05) is 6.92 Å². The van der Waals surface area contributed by atoms with Crippen LogP contribution in [0, 0.1) is 0 Å². The van der Waals surface area contributed by atoms with E-state index in [1.165, 1.54) is 0 Å². The standard InChI is InChI=1S/C7H13N3OS/c1-2-12-7-5-6(8)10(9-7)3-4-11/h5,11H,2-4,8H2,1H3. The number of rotatable bonds is 4. The van der Waals surface area contributed by atoms with Crippen molar-refractivity contribution in [1.29, 1.82) is 0 Å². The van der Waals surface area contributed by atoms with Crippen LogP contribution in [0.5, 0.6) is 0 Å². The van der Waals surface area contributed by atoms with E-state index in [2.05, 4.69) is 12.0 Å². The van der Waals surface area contributed by atoms with E-state index >= 15 is 0 Å². The predicted molar refractivity (Wildman–Crippen MR) is 50.1 cm³/mol. The minimum atomic E-state index is 0.0715. The molecule has 0 radical (unpaired) electrons. The third-order valence-electron chi connectivity index (χ3n) is 1.39. The summed E-state index contributed by atoms with van der Waals surface area (Å²) in [6.45, 7) is 2.60. The number of anilines is 1. The third kappa shape index (κ3) is 2.15. The number of aliphatic hydroxyl groups excluding tert-OH is 1. The molecule has 0 fully saturated rings. The van der Waals surface area contributed by atoms with Gasteiger partial charge in [0.05, 0.1) is 13.2 Å². The van der Waals surface area contributed by atoms with Gasteiger partial charge in [-0.25, -0.2) is 4.68 Å². The zero-order chi connectivity index (χ0) is 8.97. The van der Waals surface area contributed by atoms with Crippen molar-refractivity contribution >= 4 is 17.6 Å². The Balaban J connectivity index is 2.70. The van der Waals surface area contributed by atoms with E-state index in [-0.39, 0.29) is 6.61 Å². The Kier molecular flexibility index (Phi) is 3.43.